The number of aliphatic hydroxyl groups excluding tert-OH is 2. The van der Waals surface area contributed by atoms with E-state index in [0.29, 0.717) is 31.1 Å². The molecule has 3 nitrogen and oxygen atoms in total. The van der Waals surface area contributed by atoms with Crippen LogP contribution in [0.15, 0.2) is 47.6 Å². The molecule has 1 aromatic rings. The van der Waals surface area contributed by atoms with Crippen LogP contribution >= 0.6 is 0 Å². The van der Waals surface area contributed by atoms with Crippen molar-refractivity contribution in [3.8, 4) is 5.75 Å². The number of allylic oxidation sites excluding steroid dienone is 3. The van der Waals surface area contributed by atoms with Gasteiger partial charge in [0, 0.05) is 0 Å². The van der Waals surface area contributed by atoms with Gasteiger partial charge in [-0.25, -0.2) is 0 Å². The van der Waals surface area contributed by atoms with Crippen LogP contribution in [-0.2, 0) is 0 Å². The summed E-state index contributed by atoms with van der Waals surface area (Å²) in [6.45, 7) is 9.83. The maximum atomic E-state index is 9.93. The van der Waals surface area contributed by atoms with E-state index < -0.39 is 12.2 Å². The first kappa shape index (κ1) is 23.1. The van der Waals surface area contributed by atoms with Gasteiger partial charge in [0.25, 0.3) is 0 Å². The number of hydrogen-bond donors (Lipinski definition) is 2. The van der Waals surface area contributed by atoms with E-state index >= 15 is 0 Å². The van der Waals surface area contributed by atoms with Crippen LogP contribution in [0.5, 0.6) is 5.75 Å². The van der Waals surface area contributed by atoms with E-state index in [9.17, 15) is 10.2 Å². The van der Waals surface area contributed by atoms with Gasteiger partial charge in [0.05, 0.1) is 18.8 Å². The molecule has 2 saturated carbocycles. The quantitative estimate of drug-likeness (QED) is 0.608. The predicted molar refractivity (Wildman–Crippen MR) is 124 cm³/mol. The third kappa shape index (κ3) is 6.72. The van der Waals surface area contributed by atoms with E-state index in [2.05, 4.69) is 64.1 Å². The van der Waals surface area contributed by atoms with Crippen LogP contribution in [0.2, 0.25) is 0 Å². The van der Waals surface area contributed by atoms with Crippen LogP contribution in [0.25, 0.3) is 0 Å². The molecule has 0 heterocycles. The minimum absolute atomic E-state index is 0.286. The van der Waals surface area contributed by atoms with Crippen molar-refractivity contribution >= 4 is 0 Å². The molecule has 0 amide bonds. The van der Waals surface area contributed by atoms with Crippen molar-refractivity contribution in [2.24, 2.45) is 11.3 Å². The minimum Gasteiger partial charge on any atom is -0.494 e. The molecular weight excluding hydrogens is 372 g/mol. The van der Waals surface area contributed by atoms with E-state index in [-0.39, 0.29) is 5.41 Å². The molecular formula is C27H40O3. The Morgan fingerprint density at radius 2 is 1.83 bits per heavy atom. The van der Waals surface area contributed by atoms with Crippen LogP contribution in [-0.4, -0.2) is 29.0 Å². The second kappa shape index (κ2) is 10.2. The van der Waals surface area contributed by atoms with Gasteiger partial charge in [0.2, 0.25) is 0 Å². The summed E-state index contributed by atoms with van der Waals surface area (Å²) in [7, 11) is 0. The smallest absolute Gasteiger partial charge is 0.119 e. The third-order valence-corrected chi connectivity index (χ3v) is 6.65. The Morgan fingerprint density at radius 1 is 1.10 bits per heavy atom. The summed E-state index contributed by atoms with van der Waals surface area (Å²) in [6, 6.07) is 8.67. The number of aliphatic hydroxyl groups is 2. The molecule has 166 valence electrons. The fraction of sp³-hybridized carbons (Fsp3) is 0.630. The highest BCUT2D eigenvalue weighted by Crippen LogP contribution is 2.41. The zero-order valence-corrected chi connectivity index (χ0v) is 19.2. The molecule has 4 atom stereocenters. The molecule has 1 aromatic carbocycles. The van der Waals surface area contributed by atoms with E-state index in [4.69, 9.17) is 4.74 Å². The second-order valence-corrected chi connectivity index (χ2v) is 10.5. The summed E-state index contributed by atoms with van der Waals surface area (Å²) < 4.78 is 6.05. The van der Waals surface area contributed by atoms with Crippen molar-refractivity contribution in [3.05, 3.63) is 53.1 Å². The molecule has 0 aliphatic heterocycles. The molecule has 2 N–H and O–H groups in total. The van der Waals surface area contributed by atoms with Gasteiger partial charge in [-0.2, -0.15) is 0 Å². The first-order chi connectivity index (χ1) is 14.2. The maximum Gasteiger partial charge on any atom is 0.119 e. The lowest BCUT2D eigenvalue weighted by Crippen LogP contribution is -2.24. The van der Waals surface area contributed by atoms with E-state index in [1.807, 2.05) is 0 Å². The summed E-state index contributed by atoms with van der Waals surface area (Å²) in [4.78, 5) is 0. The van der Waals surface area contributed by atoms with Crippen molar-refractivity contribution < 1.29 is 14.9 Å². The molecule has 0 saturated heterocycles. The fourth-order valence-electron chi connectivity index (χ4n) is 4.79. The van der Waals surface area contributed by atoms with Gasteiger partial charge in [-0.15, -0.1) is 0 Å². The number of rotatable bonds is 5. The van der Waals surface area contributed by atoms with Crippen LogP contribution in [0.3, 0.4) is 0 Å². The first-order valence-corrected chi connectivity index (χ1v) is 11.7. The molecule has 3 heteroatoms. The molecule has 2 fully saturated rings. The highest BCUT2D eigenvalue weighted by molar-refractivity contribution is 5.34. The Balaban J connectivity index is 1.67. The maximum absolute atomic E-state index is 9.93. The normalized spacial score (nSPS) is 29.1. The summed E-state index contributed by atoms with van der Waals surface area (Å²) in [5, 5.41) is 19.9. The zero-order valence-electron chi connectivity index (χ0n) is 19.2. The van der Waals surface area contributed by atoms with Gasteiger partial charge >= 0.3 is 0 Å². The van der Waals surface area contributed by atoms with Gasteiger partial charge in [-0.1, -0.05) is 63.1 Å². The Bertz CT molecular complexity index is 744. The topological polar surface area (TPSA) is 49.7 Å². The van der Waals surface area contributed by atoms with Crippen molar-refractivity contribution in [1.82, 2.24) is 0 Å². The molecule has 0 aromatic heterocycles. The average molecular weight is 413 g/mol. The first-order valence-electron chi connectivity index (χ1n) is 11.7. The fourth-order valence-corrected chi connectivity index (χ4v) is 4.79. The predicted octanol–water partition coefficient (Wildman–Crippen LogP) is 6.16. The van der Waals surface area contributed by atoms with Crippen molar-refractivity contribution in [2.75, 3.05) is 6.61 Å². The Hall–Kier alpha value is -1.58. The van der Waals surface area contributed by atoms with Crippen molar-refractivity contribution in [2.45, 2.75) is 90.8 Å². The van der Waals surface area contributed by atoms with E-state index in [1.54, 1.807) is 0 Å². The molecule has 0 radical (unpaired) electrons. The molecule has 2 aliphatic rings. The lowest BCUT2D eigenvalue weighted by Gasteiger charge is -2.32. The highest BCUT2D eigenvalue weighted by atomic mass is 16.5. The molecule has 30 heavy (non-hydrogen) atoms. The van der Waals surface area contributed by atoms with Gasteiger partial charge in [0.1, 0.15) is 5.75 Å². The van der Waals surface area contributed by atoms with Gasteiger partial charge in [-0.05, 0) is 79.9 Å². The van der Waals surface area contributed by atoms with E-state index in [1.165, 1.54) is 24.0 Å². The molecule has 3 rings (SSSR count). The number of benzene rings is 1. The van der Waals surface area contributed by atoms with Crippen molar-refractivity contribution in [1.29, 1.82) is 0 Å². The largest absolute Gasteiger partial charge is 0.494 e. The third-order valence-electron chi connectivity index (χ3n) is 6.65. The van der Waals surface area contributed by atoms with E-state index in [0.717, 1.165) is 30.8 Å². The van der Waals surface area contributed by atoms with Gasteiger partial charge < -0.3 is 14.9 Å². The second-order valence-electron chi connectivity index (χ2n) is 10.5. The summed E-state index contributed by atoms with van der Waals surface area (Å²) in [5.74, 6) is 1.98. The Morgan fingerprint density at radius 3 is 2.53 bits per heavy atom. The molecule has 0 spiro atoms. The molecule has 2 aliphatic carbocycles. The average Bonchev–Trinajstić information content (AvgIpc) is 2.66. The number of hydrogen-bond acceptors (Lipinski definition) is 3. The minimum atomic E-state index is -0.407. The Labute approximate surface area is 182 Å². The highest BCUT2D eigenvalue weighted by Gasteiger charge is 2.27. The summed E-state index contributed by atoms with van der Waals surface area (Å²) in [5.41, 5.74) is 4.30. The summed E-state index contributed by atoms with van der Waals surface area (Å²) >= 11 is 0. The van der Waals surface area contributed by atoms with Gasteiger partial charge in [0.15, 0.2) is 0 Å². The van der Waals surface area contributed by atoms with Crippen molar-refractivity contribution in [3.63, 3.8) is 0 Å². The Kier molecular flexibility index (Phi) is 7.81. The zero-order chi connectivity index (χ0) is 21.7. The molecule has 0 unspecified atom stereocenters. The lowest BCUT2D eigenvalue weighted by molar-refractivity contribution is 0.0609. The lowest BCUT2D eigenvalue weighted by atomic mass is 9.73. The van der Waals surface area contributed by atoms with Crippen LogP contribution < -0.4 is 4.74 Å². The monoisotopic (exact) mass is 412 g/mol. The van der Waals surface area contributed by atoms with Gasteiger partial charge in [-0.3, -0.25) is 0 Å². The molecule has 0 bridgehead atoms. The van der Waals surface area contributed by atoms with Crippen LogP contribution in [0, 0.1) is 11.3 Å². The van der Waals surface area contributed by atoms with Crippen LogP contribution in [0.1, 0.15) is 84.1 Å². The number of ether oxygens (including phenoxy) is 1. The van der Waals surface area contributed by atoms with Crippen LogP contribution in [0.4, 0.5) is 0 Å². The standard InChI is InChI=1S/C27H40O3/c1-19-21(12-11-20-15-23(28)18-24(29)16-20)7-6-10-26(19)22-8-5-9-25(17-22)30-14-13-27(2,3)4/h5,8-9,11-12,17,19,23-24,26,28-29H,6-7,10,13-16,18H2,1-4H3/b21-12+/t19-,23-,24-,26-/m1/s1. The summed E-state index contributed by atoms with van der Waals surface area (Å²) in [6.07, 6.45) is 10.1. The SMILES string of the molecule is C[C@@H]1/C(=C/C=C2C[C@@H](O)C[C@H](O)C2)CCC[C@H]1c1cccc(OCCC(C)(C)C)c1.